The smallest absolute Gasteiger partial charge is 0.296 e. The van der Waals surface area contributed by atoms with Crippen LogP contribution in [0.25, 0.3) is 0 Å². The van der Waals surface area contributed by atoms with E-state index in [1.807, 2.05) is 34.6 Å². The monoisotopic (exact) mass is 440 g/mol. The molecule has 4 N–H and O–H groups in total. The van der Waals surface area contributed by atoms with Crippen LogP contribution in [0.5, 0.6) is 0 Å². The van der Waals surface area contributed by atoms with E-state index in [0.29, 0.717) is 23.5 Å². The van der Waals surface area contributed by atoms with Gasteiger partial charge in [-0.3, -0.25) is 9.52 Å². The van der Waals surface area contributed by atoms with Gasteiger partial charge < -0.3 is 15.0 Å². The molecule has 0 saturated heterocycles. The summed E-state index contributed by atoms with van der Waals surface area (Å²) >= 11 is 0. The second-order valence-electron chi connectivity index (χ2n) is 9.04. The molecule has 0 saturated carbocycles. The summed E-state index contributed by atoms with van der Waals surface area (Å²) in [5.74, 6) is 0.0356. The van der Waals surface area contributed by atoms with Crippen LogP contribution in [0.15, 0.2) is 0 Å². The van der Waals surface area contributed by atoms with Gasteiger partial charge in [0.05, 0.1) is 17.1 Å². The van der Waals surface area contributed by atoms with Gasteiger partial charge in [0.15, 0.2) is 0 Å². The number of methoxy groups -OCH3 is 1. The van der Waals surface area contributed by atoms with Gasteiger partial charge in [-0.05, 0) is 43.4 Å². The number of benzene rings is 1. The van der Waals surface area contributed by atoms with Gasteiger partial charge in [0.2, 0.25) is 5.91 Å². The van der Waals surface area contributed by atoms with Gasteiger partial charge in [0.25, 0.3) is 10.2 Å². The minimum atomic E-state index is -3.97. The van der Waals surface area contributed by atoms with E-state index >= 15 is 0 Å². The van der Waals surface area contributed by atoms with Crippen molar-refractivity contribution in [1.29, 1.82) is 0 Å². The molecule has 170 valence electrons. The van der Waals surface area contributed by atoms with Crippen LogP contribution < -0.4 is 20.1 Å². The highest BCUT2D eigenvalue weighted by Crippen LogP contribution is 2.50. The van der Waals surface area contributed by atoms with Crippen molar-refractivity contribution >= 4 is 33.2 Å². The first kappa shape index (κ1) is 24.4. The SMILES string of the molecule is CCCN1CC(CCOC)c2c(C)c(NS(N)(=O)=O)c(C)c(NC(=O)C(C)(C)C)c21. The lowest BCUT2D eigenvalue weighted by Crippen LogP contribution is -2.30. The summed E-state index contributed by atoms with van der Waals surface area (Å²) in [6.07, 6.45) is 1.76. The number of nitrogens with one attached hydrogen (secondary N) is 2. The maximum absolute atomic E-state index is 12.9. The van der Waals surface area contributed by atoms with Crippen LogP contribution in [0.2, 0.25) is 0 Å². The van der Waals surface area contributed by atoms with E-state index < -0.39 is 15.6 Å². The minimum absolute atomic E-state index is 0.130. The zero-order chi connectivity index (χ0) is 22.9. The van der Waals surface area contributed by atoms with Gasteiger partial charge >= 0.3 is 0 Å². The minimum Gasteiger partial charge on any atom is -0.385 e. The van der Waals surface area contributed by atoms with Crippen LogP contribution >= 0.6 is 0 Å². The summed E-state index contributed by atoms with van der Waals surface area (Å²) in [5.41, 5.74) is 4.00. The molecule has 1 heterocycles. The number of hydrogen-bond acceptors (Lipinski definition) is 5. The number of fused-ring (bicyclic) bond motifs is 1. The van der Waals surface area contributed by atoms with Crippen molar-refractivity contribution in [3.63, 3.8) is 0 Å². The Morgan fingerprint density at radius 2 is 1.87 bits per heavy atom. The number of nitrogens with two attached hydrogens (primary N) is 1. The van der Waals surface area contributed by atoms with Gasteiger partial charge in [0.1, 0.15) is 0 Å². The summed E-state index contributed by atoms with van der Waals surface area (Å²) in [6, 6.07) is 0. The predicted molar refractivity (Wildman–Crippen MR) is 122 cm³/mol. The molecule has 2 rings (SSSR count). The first-order chi connectivity index (χ1) is 13.8. The molecule has 1 aliphatic rings. The molecule has 1 aromatic rings. The summed E-state index contributed by atoms with van der Waals surface area (Å²) in [7, 11) is -2.30. The average molecular weight is 441 g/mol. The second-order valence-corrected chi connectivity index (χ2v) is 10.3. The first-order valence-electron chi connectivity index (χ1n) is 10.3. The molecule has 1 amide bonds. The number of nitrogens with zero attached hydrogens (tertiary/aromatic N) is 1. The number of amides is 1. The van der Waals surface area contributed by atoms with Crippen molar-refractivity contribution in [1.82, 2.24) is 0 Å². The first-order valence-corrected chi connectivity index (χ1v) is 11.9. The topological polar surface area (TPSA) is 114 Å². The van der Waals surface area contributed by atoms with Crippen molar-refractivity contribution < 1.29 is 17.9 Å². The molecular weight excluding hydrogens is 404 g/mol. The molecule has 0 radical (unpaired) electrons. The molecular formula is C21H36N4O4S. The van der Waals surface area contributed by atoms with Crippen LogP contribution in [0.3, 0.4) is 0 Å². The molecule has 0 fully saturated rings. The summed E-state index contributed by atoms with van der Waals surface area (Å²) < 4.78 is 31.5. The van der Waals surface area contributed by atoms with Crippen molar-refractivity contribution in [2.24, 2.45) is 10.6 Å². The summed E-state index contributed by atoms with van der Waals surface area (Å²) in [6.45, 7) is 13.6. The highest BCUT2D eigenvalue weighted by molar-refractivity contribution is 7.90. The number of carbonyl (C=O) groups excluding carboxylic acids is 1. The van der Waals surface area contributed by atoms with Crippen molar-refractivity contribution in [2.75, 3.05) is 41.7 Å². The fourth-order valence-corrected chi connectivity index (χ4v) is 4.62. The van der Waals surface area contributed by atoms with Gasteiger partial charge in [-0.1, -0.05) is 27.7 Å². The highest BCUT2D eigenvalue weighted by atomic mass is 32.2. The molecule has 9 heteroatoms. The Morgan fingerprint density at radius 1 is 1.23 bits per heavy atom. The van der Waals surface area contributed by atoms with E-state index in [1.165, 1.54) is 0 Å². The van der Waals surface area contributed by atoms with Gasteiger partial charge in [-0.2, -0.15) is 8.42 Å². The van der Waals surface area contributed by atoms with Crippen LogP contribution in [0, 0.1) is 19.3 Å². The fraction of sp³-hybridized carbons (Fsp3) is 0.667. The molecule has 1 unspecified atom stereocenters. The van der Waals surface area contributed by atoms with Crippen LogP contribution in [-0.4, -0.2) is 41.1 Å². The highest BCUT2D eigenvalue weighted by Gasteiger charge is 2.36. The quantitative estimate of drug-likeness (QED) is 0.574. The van der Waals surface area contributed by atoms with Gasteiger partial charge in [-0.25, -0.2) is 5.14 Å². The normalized spacial score (nSPS) is 16.5. The maximum atomic E-state index is 12.9. The van der Waals surface area contributed by atoms with E-state index in [4.69, 9.17) is 9.88 Å². The number of carbonyl (C=O) groups is 1. The van der Waals surface area contributed by atoms with Crippen molar-refractivity contribution in [3.05, 3.63) is 16.7 Å². The van der Waals surface area contributed by atoms with Crippen LogP contribution in [0.1, 0.15) is 63.1 Å². The van der Waals surface area contributed by atoms with Crippen LogP contribution in [-0.2, 0) is 19.7 Å². The third kappa shape index (κ3) is 5.25. The third-order valence-corrected chi connectivity index (χ3v) is 6.00. The molecule has 1 aromatic carbocycles. The van der Waals surface area contributed by atoms with Crippen molar-refractivity contribution in [3.8, 4) is 0 Å². The lowest BCUT2D eigenvalue weighted by Gasteiger charge is -2.28. The molecule has 0 aliphatic carbocycles. The average Bonchev–Trinajstić information content (AvgIpc) is 2.97. The lowest BCUT2D eigenvalue weighted by molar-refractivity contribution is -0.123. The lowest BCUT2D eigenvalue weighted by atomic mass is 9.89. The number of anilines is 3. The Balaban J connectivity index is 2.76. The van der Waals surface area contributed by atoms with E-state index in [-0.39, 0.29) is 11.8 Å². The Labute approximate surface area is 180 Å². The molecule has 1 atom stereocenters. The molecule has 8 nitrogen and oxygen atoms in total. The standard InChI is InChI=1S/C21H36N4O4S/c1-8-10-25-12-15(9-11-29-7)16-13(2)17(24-30(22,27)28)14(3)18(19(16)25)23-20(26)21(4,5)6/h15,24H,8-12H2,1-7H3,(H,23,26)(H2,22,27,28). The Bertz CT molecular complexity index is 907. The van der Waals surface area contributed by atoms with E-state index in [1.54, 1.807) is 7.11 Å². The third-order valence-electron chi connectivity index (χ3n) is 5.51. The fourth-order valence-electron chi connectivity index (χ4n) is 4.03. The van der Waals surface area contributed by atoms with E-state index in [9.17, 15) is 13.2 Å². The maximum Gasteiger partial charge on any atom is 0.296 e. The zero-order valence-corrected chi connectivity index (χ0v) is 20.0. The predicted octanol–water partition coefficient (Wildman–Crippen LogP) is 3.25. The van der Waals surface area contributed by atoms with Gasteiger partial charge in [0, 0.05) is 38.1 Å². The molecule has 1 aliphatic heterocycles. The zero-order valence-electron chi connectivity index (χ0n) is 19.2. The second kappa shape index (κ2) is 9.11. The Hall–Kier alpha value is -1.84. The number of rotatable bonds is 8. The Morgan fingerprint density at radius 3 is 2.37 bits per heavy atom. The van der Waals surface area contributed by atoms with Gasteiger partial charge in [-0.15, -0.1) is 0 Å². The van der Waals surface area contributed by atoms with Crippen LogP contribution in [0.4, 0.5) is 17.1 Å². The Kier molecular flexibility index (Phi) is 7.42. The van der Waals surface area contributed by atoms with E-state index in [2.05, 4.69) is 21.9 Å². The van der Waals surface area contributed by atoms with Crippen molar-refractivity contribution in [2.45, 2.75) is 60.3 Å². The summed E-state index contributed by atoms with van der Waals surface area (Å²) in [4.78, 5) is 15.2. The van der Waals surface area contributed by atoms with E-state index in [0.717, 1.165) is 42.7 Å². The molecule has 0 aromatic heterocycles. The molecule has 30 heavy (non-hydrogen) atoms. The number of ether oxygens (including phenoxy) is 1. The number of hydrogen-bond donors (Lipinski definition) is 3. The molecule has 0 bridgehead atoms. The summed E-state index contributed by atoms with van der Waals surface area (Å²) in [5, 5.41) is 8.39. The molecule has 0 spiro atoms. The largest absolute Gasteiger partial charge is 0.385 e.